The maximum atomic E-state index is 10.3. The predicted molar refractivity (Wildman–Crippen MR) is 116 cm³/mol. The van der Waals surface area contributed by atoms with Gasteiger partial charge in [-0.2, -0.15) is 0 Å². The highest BCUT2D eigenvalue weighted by molar-refractivity contribution is 5.43. The van der Waals surface area contributed by atoms with Crippen LogP contribution >= 0.6 is 0 Å². The molecule has 6 nitrogen and oxygen atoms in total. The topological polar surface area (TPSA) is 58.1 Å². The van der Waals surface area contributed by atoms with E-state index in [1.165, 1.54) is 11.1 Å². The summed E-state index contributed by atoms with van der Waals surface area (Å²) in [6.07, 6.45) is 3.19. The van der Waals surface area contributed by atoms with E-state index in [1.807, 2.05) is 30.6 Å². The van der Waals surface area contributed by atoms with Crippen LogP contribution in [0.1, 0.15) is 30.5 Å². The fraction of sp³-hybridized carbons (Fsp3) is 0.522. The normalized spacial score (nSPS) is 12.4. The average molecular weight is 402 g/mol. The summed E-state index contributed by atoms with van der Waals surface area (Å²) >= 11 is 0. The minimum atomic E-state index is -0.541. The molecule has 2 rings (SSSR count). The molecule has 1 atom stereocenters. The molecule has 0 aliphatic rings. The third kappa shape index (κ3) is 7.31. The Morgan fingerprint density at radius 3 is 2.52 bits per heavy atom. The van der Waals surface area contributed by atoms with Gasteiger partial charge in [0.1, 0.15) is 12.7 Å². The highest BCUT2D eigenvalue weighted by atomic mass is 16.5. The maximum absolute atomic E-state index is 10.3. The molecule has 0 radical (unpaired) electrons. The first-order valence-electron chi connectivity index (χ1n) is 10.2. The van der Waals surface area contributed by atoms with E-state index in [4.69, 9.17) is 9.47 Å². The molecule has 6 heteroatoms. The highest BCUT2D eigenvalue weighted by Crippen LogP contribution is 2.29. The zero-order valence-electron chi connectivity index (χ0n) is 18.4. The largest absolute Gasteiger partial charge is 0.493 e. The molecule has 0 bridgehead atoms. The van der Waals surface area contributed by atoms with Crippen molar-refractivity contribution < 1.29 is 14.6 Å². The van der Waals surface area contributed by atoms with Crippen LogP contribution < -0.4 is 9.47 Å². The number of hydrogen-bond donors (Lipinski definition) is 1. The first-order chi connectivity index (χ1) is 14.0. The van der Waals surface area contributed by atoms with Gasteiger partial charge < -0.3 is 19.5 Å². The lowest BCUT2D eigenvalue weighted by molar-refractivity contribution is 0.0705. The van der Waals surface area contributed by atoms with E-state index in [2.05, 4.69) is 48.7 Å². The summed E-state index contributed by atoms with van der Waals surface area (Å²) in [5.41, 5.74) is 3.60. The molecule has 0 spiro atoms. The van der Waals surface area contributed by atoms with Crippen LogP contribution in [0, 0.1) is 6.92 Å². The molecule has 0 saturated carbocycles. The van der Waals surface area contributed by atoms with Gasteiger partial charge in [-0.15, -0.1) is 0 Å². The molecule has 29 heavy (non-hydrogen) atoms. The number of ether oxygens (including phenoxy) is 2. The summed E-state index contributed by atoms with van der Waals surface area (Å²) in [5.74, 6) is 1.34. The van der Waals surface area contributed by atoms with Gasteiger partial charge in [0.25, 0.3) is 0 Å². The third-order valence-electron chi connectivity index (χ3n) is 5.05. The van der Waals surface area contributed by atoms with Crippen LogP contribution in [0.4, 0.5) is 0 Å². The van der Waals surface area contributed by atoms with Gasteiger partial charge in [-0.05, 0) is 62.0 Å². The Morgan fingerprint density at radius 1 is 1.10 bits per heavy atom. The van der Waals surface area contributed by atoms with Crippen molar-refractivity contribution >= 4 is 0 Å². The molecule has 0 saturated heterocycles. The third-order valence-corrected chi connectivity index (χ3v) is 5.05. The smallest absolute Gasteiger partial charge is 0.161 e. The number of hydrogen-bond acceptors (Lipinski definition) is 6. The molecule has 0 aliphatic carbocycles. The van der Waals surface area contributed by atoms with Gasteiger partial charge in [-0.1, -0.05) is 19.9 Å². The number of nitrogens with zero attached hydrogens (tertiary/aromatic N) is 3. The standard InChI is InChI=1S/C23H35N3O3/c1-6-26(7-2)16-21(27)17-29-23-12-19(8-9-22(23)28-5)14-25(4)15-20-10-11-24-13-18(20)3/h8-13,21,27H,6-7,14-17H2,1-5H3/t21-/m1/s1. The van der Waals surface area contributed by atoms with E-state index < -0.39 is 6.10 Å². The molecule has 2 aromatic rings. The summed E-state index contributed by atoms with van der Waals surface area (Å²) in [5, 5.41) is 10.3. The summed E-state index contributed by atoms with van der Waals surface area (Å²) in [6.45, 7) is 10.6. The Kier molecular flexibility index (Phi) is 9.38. The zero-order chi connectivity index (χ0) is 21.2. The monoisotopic (exact) mass is 401 g/mol. The van der Waals surface area contributed by atoms with Gasteiger partial charge in [0.2, 0.25) is 0 Å². The van der Waals surface area contributed by atoms with Crippen molar-refractivity contribution in [3.8, 4) is 11.5 Å². The fourth-order valence-corrected chi connectivity index (χ4v) is 3.29. The SMILES string of the molecule is CCN(CC)C[C@@H](O)COc1cc(CN(C)Cc2ccncc2C)ccc1OC. The lowest BCUT2D eigenvalue weighted by Crippen LogP contribution is -2.35. The van der Waals surface area contributed by atoms with Crippen molar-refractivity contribution in [2.45, 2.75) is 40.0 Å². The molecule has 0 fully saturated rings. The molecule has 0 amide bonds. The number of aryl methyl sites for hydroxylation is 1. The van der Waals surface area contributed by atoms with E-state index in [9.17, 15) is 5.11 Å². The van der Waals surface area contributed by atoms with Crippen LogP contribution in [0.25, 0.3) is 0 Å². The predicted octanol–water partition coefficient (Wildman–Crippen LogP) is 3.11. The lowest BCUT2D eigenvalue weighted by atomic mass is 10.1. The van der Waals surface area contributed by atoms with E-state index in [0.29, 0.717) is 18.0 Å². The zero-order valence-corrected chi connectivity index (χ0v) is 18.4. The lowest BCUT2D eigenvalue weighted by Gasteiger charge is -2.23. The average Bonchev–Trinajstić information content (AvgIpc) is 2.72. The Labute approximate surface area is 175 Å². The second kappa shape index (κ2) is 11.8. The number of pyridine rings is 1. The molecule has 0 aliphatic heterocycles. The van der Waals surface area contributed by atoms with E-state index >= 15 is 0 Å². The van der Waals surface area contributed by atoms with Crippen LogP contribution in [0.2, 0.25) is 0 Å². The highest BCUT2D eigenvalue weighted by Gasteiger charge is 2.13. The number of methoxy groups -OCH3 is 1. The molecule has 1 N–H and O–H groups in total. The Balaban J connectivity index is 1.99. The molecular formula is C23H35N3O3. The summed E-state index contributed by atoms with van der Waals surface area (Å²) in [4.78, 5) is 8.59. The first-order valence-corrected chi connectivity index (χ1v) is 10.2. The molecule has 1 aromatic heterocycles. The van der Waals surface area contributed by atoms with Crippen LogP contribution in [-0.4, -0.2) is 66.4 Å². The summed E-state index contributed by atoms with van der Waals surface area (Å²) in [7, 11) is 3.73. The number of aromatic nitrogens is 1. The van der Waals surface area contributed by atoms with Crippen molar-refractivity contribution in [2.75, 3.05) is 40.4 Å². The van der Waals surface area contributed by atoms with E-state index in [-0.39, 0.29) is 6.61 Å². The van der Waals surface area contributed by atoms with Gasteiger partial charge in [-0.25, -0.2) is 0 Å². The Hall–Kier alpha value is -2.15. The van der Waals surface area contributed by atoms with Gasteiger partial charge in [0, 0.05) is 32.0 Å². The van der Waals surface area contributed by atoms with Crippen LogP contribution in [-0.2, 0) is 13.1 Å². The molecule has 1 aromatic carbocycles. The number of rotatable bonds is 12. The Morgan fingerprint density at radius 2 is 1.86 bits per heavy atom. The van der Waals surface area contributed by atoms with E-state index in [0.717, 1.165) is 31.7 Å². The maximum Gasteiger partial charge on any atom is 0.161 e. The van der Waals surface area contributed by atoms with Crippen molar-refractivity contribution in [1.82, 2.24) is 14.8 Å². The summed E-state index contributed by atoms with van der Waals surface area (Å²) < 4.78 is 11.3. The quantitative estimate of drug-likeness (QED) is 0.590. The van der Waals surface area contributed by atoms with Crippen molar-refractivity contribution in [3.05, 3.63) is 53.3 Å². The van der Waals surface area contributed by atoms with Crippen molar-refractivity contribution in [2.24, 2.45) is 0 Å². The van der Waals surface area contributed by atoms with Crippen LogP contribution in [0.5, 0.6) is 11.5 Å². The van der Waals surface area contributed by atoms with Crippen LogP contribution in [0.3, 0.4) is 0 Å². The fourth-order valence-electron chi connectivity index (χ4n) is 3.29. The first kappa shape index (κ1) is 23.1. The molecule has 1 heterocycles. The van der Waals surface area contributed by atoms with Gasteiger partial charge in [0.15, 0.2) is 11.5 Å². The van der Waals surface area contributed by atoms with Gasteiger partial charge in [0.05, 0.1) is 7.11 Å². The van der Waals surface area contributed by atoms with Crippen LogP contribution in [0.15, 0.2) is 36.7 Å². The molecular weight excluding hydrogens is 366 g/mol. The number of aliphatic hydroxyl groups excluding tert-OH is 1. The van der Waals surface area contributed by atoms with Gasteiger partial charge >= 0.3 is 0 Å². The molecule has 160 valence electrons. The molecule has 0 unspecified atom stereocenters. The Bertz CT molecular complexity index is 750. The number of likely N-dealkylation sites (N-methyl/N-ethyl adjacent to an activating group) is 1. The minimum Gasteiger partial charge on any atom is -0.493 e. The van der Waals surface area contributed by atoms with Crippen molar-refractivity contribution in [3.63, 3.8) is 0 Å². The second-order valence-electron chi connectivity index (χ2n) is 7.41. The summed E-state index contributed by atoms with van der Waals surface area (Å²) in [6, 6.07) is 8.03. The second-order valence-corrected chi connectivity index (χ2v) is 7.41. The number of benzene rings is 1. The minimum absolute atomic E-state index is 0.238. The van der Waals surface area contributed by atoms with Crippen molar-refractivity contribution in [1.29, 1.82) is 0 Å². The number of aliphatic hydroxyl groups is 1. The van der Waals surface area contributed by atoms with Gasteiger partial charge in [-0.3, -0.25) is 9.88 Å². The van der Waals surface area contributed by atoms with E-state index in [1.54, 1.807) is 7.11 Å².